The Morgan fingerprint density at radius 1 is 1.24 bits per heavy atom. The molecular formula is C17H21N3O4S. The Morgan fingerprint density at radius 3 is 2.64 bits per heavy atom. The standard InChI is InChI=1S/C17H21N3O4S/c1-12(2)19-17(21)16-7-5-4-6-13(16)11-25(22,23)20-14-8-15(24-3)10-18-9-14/h4-10,12,20H,11H2,1-3H3,(H,19,21). The van der Waals surface area contributed by atoms with Gasteiger partial charge in [-0.25, -0.2) is 8.42 Å². The van der Waals surface area contributed by atoms with E-state index in [-0.39, 0.29) is 17.7 Å². The quantitative estimate of drug-likeness (QED) is 0.786. The number of rotatable bonds is 7. The van der Waals surface area contributed by atoms with E-state index in [1.807, 2.05) is 13.8 Å². The van der Waals surface area contributed by atoms with Gasteiger partial charge < -0.3 is 10.1 Å². The Kier molecular flexibility index (Phi) is 5.97. The first-order valence-corrected chi connectivity index (χ1v) is 9.34. The summed E-state index contributed by atoms with van der Waals surface area (Å²) in [6.45, 7) is 3.68. The molecule has 134 valence electrons. The number of hydrogen-bond acceptors (Lipinski definition) is 5. The van der Waals surface area contributed by atoms with Crippen LogP contribution in [0.4, 0.5) is 5.69 Å². The van der Waals surface area contributed by atoms with Crippen molar-refractivity contribution in [2.45, 2.75) is 25.6 Å². The lowest BCUT2D eigenvalue weighted by Crippen LogP contribution is -2.31. The number of aromatic nitrogens is 1. The number of nitrogens with one attached hydrogen (secondary N) is 2. The third-order valence-electron chi connectivity index (χ3n) is 3.25. The van der Waals surface area contributed by atoms with Gasteiger partial charge in [-0.1, -0.05) is 18.2 Å². The van der Waals surface area contributed by atoms with E-state index in [1.54, 1.807) is 24.3 Å². The smallest absolute Gasteiger partial charge is 0.251 e. The highest BCUT2D eigenvalue weighted by atomic mass is 32.2. The fourth-order valence-corrected chi connectivity index (χ4v) is 3.42. The lowest BCUT2D eigenvalue weighted by atomic mass is 10.1. The van der Waals surface area contributed by atoms with Crippen molar-refractivity contribution >= 4 is 21.6 Å². The van der Waals surface area contributed by atoms with Crippen molar-refractivity contribution in [3.05, 3.63) is 53.9 Å². The molecule has 0 bridgehead atoms. The molecule has 0 atom stereocenters. The fourth-order valence-electron chi connectivity index (χ4n) is 2.21. The van der Waals surface area contributed by atoms with E-state index >= 15 is 0 Å². The summed E-state index contributed by atoms with van der Waals surface area (Å²) in [7, 11) is -2.25. The van der Waals surface area contributed by atoms with Crippen LogP contribution in [0, 0.1) is 0 Å². The number of hydrogen-bond donors (Lipinski definition) is 2. The molecule has 0 spiro atoms. The van der Waals surface area contributed by atoms with Gasteiger partial charge in [0.1, 0.15) is 5.75 Å². The Labute approximate surface area is 147 Å². The van der Waals surface area contributed by atoms with Gasteiger partial charge in [0.25, 0.3) is 5.91 Å². The molecule has 0 radical (unpaired) electrons. The second-order valence-corrected chi connectivity index (χ2v) is 7.48. The highest BCUT2D eigenvalue weighted by Crippen LogP contribution is 2.19. The summed E-state index contributed by atoms with van der Waals surface area (Å²) in [4.78, 5) is 16.2. The lowest BCUT2D eigenvalue weighted by molar-refractivity contribution is 0.0942. The lowest BCUT2D eigenvalue weighted by Gasteiger charge is -2.13. The van der Waals surface area contributed by atoms with Crippen LogP contribution in [0.25, 0.3) is 0 Å². The van der Waals surface area contributed by atoms with Crippen molar-refractivity contribution < 1.29 is 17.9 Å². The molecule has 1 aromatic carbocycles. The van der Waals surface area contributed by atoms with Gasteiger partial charge in [-0.3, -0.25) is 14.5 Å². The van der Waals surface area contributed by atoms with Crippen LogP contribution < -0.4 is 14.8 Å². The van der Waals surface area contributed by atoms with E-state index in [1.165, 1.54) is 25.6 Å². The molecule has 0 saturated heterocycles. The van der Waals surface area contributed by atoms with Gasteiger partial charge in [0, 0.05) is 17.7 Å². The number of anilines is 1. The summed E-state index contributed by atoms with van der Waals surface area (Å²) < 4.78 is 32.4. The van der Waals surface area contributed by atoms with Crippen molar-refractivity contribution in [1.29, 1.82) is 0 Å². The summed E-state index contributed by atoms with van der Waals surface area (Å²) in [5, 5.41) is 2.77. The molecule has 0 aliphatic heterocycles. The monoisotopic (exact) mass is 363 g/mol. The minimum atomic E-state index is -3.72. The van der Waals surface area contributed by atoms with Crippen LogP contribution in [0.2, 0.25) is 0 Å². The molecule has 2 aromatic rings. The van der Waals surface area contributed by atoms with Gasteiger partial charge in [-0.15, -0.1) is 0 Å². The van der Waals surface area contributed by atoms with E-state index in [4.69, 9.17) is 4.74 Å². The summed E-state index contributed by atoms with van der Waals surface area (Å²) in [5.41, 5.74) is 1.05. The number of methoxy groups -OCH3 is 1. The molecule has 1 amide bonds. The highest BCUT2D eigenvalue weighted by molar-refractivity contribution is 7.91. The van der Waals surface area contributed by atoms with Crippen LogP contribution in [0.5, 0.6) is 5.75 Å². The number of benzene rings is 1. The van der Waals surface area contributed by atoms with Crippen molar-refractivity contribution in [3.63, 3.8) is 0 Å². The Bertz CT molecular complexity index is 850. The first-order valence-electron chi connectivity index (χ1n) is 7.69. The molecule has 0 unspecified atom stereocenters. The van der Waals surface area contributed by atoms with Crippen molar-refractivity contribution in [2.75, 3.05) is 11.8 Å². The van der Waals surface area contributed by atoms with E-state index < -0.39 is 10.0 Å². The average molecular weight is 363 g/mol. The number of sulfonamides is 1. The number of carbonyl (C=O) groups excluding carboxylic acids is 1. The van der Waals surface area contributed by atoms with Crippen LogP contribution in [0.1, 0.15) is 29.8 Å². The Morgan fingerprint density at radius 2 is 1.96 bits per heavy atom. The van der Waals surface area contributed by atoms with Gasteiger partial charge in [0.2, 0.25) is 10.0 Å². The maximum atomic E-state index is 12.5. The number of ether oxygens (including phenoxy) is 1. The minimum absolute atomic E-state index is 0.0434. The van der Waals surface area contributed by atoms with Gasteiger partial charge in [0.15, 0.2) is 0 Å². The molecule has 7 nitrogen and oxygen atoms in total. The van der Waals surface area contributed by atoms with Gasteiger partial charge >= 0.3 is 0 Å². The predicted molar refractivity (Wildman–Crippen MR) is 96.1 cm³/mol. The highest BCUT2D eigenvalue weighted by Gasteiger charge is 2.18. The van der Waals surface area contributed by atoms with Crippen molar-refractivity contribution in [1.82, 2.24) is 10.3 Å². The normalized spacial score (nSPS) is 11.2. The zero-order valence-corrected chi connectivity index (χ0v) is 15.1. The molecular weight excluding hydrogens is 342 g/mol. The Hall–Kier alpha value is -2.61. The topological polar surface area (TPSA) is 97.4 Å². The molecule has 1 aromatic heterocycles. The second kappa shape index (κ2) is 7.98. The second-order valence-electron chi connectivity index (χ2n) is 5.76. The summed E-state index contributed by atoms with van der Waals surface area (Å²) >= 11 is 0. The number of amides is 1. The van der Waals surface area contributed by atoms with Crippen LogP contribution >= 0.6 is 0 Å². The van der Waals surface area contributed by atoms with Crippen molar-refractivity contribution in [3.8, 4) is 5.75 Å². The van der Waals surface area contributed by atoms with Gasteiger partial charge in [-0.05, 0) is 25.5 Å². The van der Waals surface area contributed by atoms with Crippen LogP contribution in [0.15, 0.2) is 42.7 Å². The van der Waals surface area contributed by atoms with Crippen LogP contribution in [-0.4, -0.2) is 32.5 Å². The first kappa shape index (κ1) is 18.7. The zero-order chi connectivity index (χ0) is 18.4. The number of carbonyl (C=O) groups is 1. The molecule has 0 aliphatic rings. The van der Waals surface area contributed by atoms with Gasteiger partial charge in [-0.2, -0.15) is 0 Å². The van der Waals surface area contributed by atoms with E-state index in [0.717, 1.165) is 0 Å². The zero-order valence-electron chi connectivity index (χ0n) is 14.3. The molecule has 0 aliphatic carbocycles. The molecule has 25 heavy (non-hydrogen) atoms. The summed E-state index contributed by atoms with van der Waals surface area (Å²) in [6, 6.07) is 8.11. The molecule has 2 rings (SSSR count). The molecule has 2 N–H and O–H groups in total. The summed E-state index contributed by atoms with van der Waals surface area (Å²) in [6.07, 6.45) is 2.86. The van der Waals surface area contributed by atoms with Crippen molar-refractivity contribution in [2.24, 2.45) is 0 Å². The Balaban J connectivity index is 2.21. The van der Waals surface area contributed by atoms with Crippen LogP contribution in [0.3, 0.4) is 0 Å². The third kappa shape index (κ3) is 5.46. The van der Waals surface area contributed by atoms with E-state index in [2.05, 4.69) is 15.0 Å². The summed E-state index contributed by atoms with van der Waals surface area (Å²) in [5.74, 6) is -0.188. The SMILES string of the molecule is COc1cncc(NS(=O)(=O)Cc2ccccc2C(=O)NC(C)C)c1. The predicted octanol–water partition coefficient (Wildman–Crippen LogP) is 2.17. The maximum absolute atomic E-state index is 12.5. The minimum Gasteiger partial charge on any atom is -0.495 e. The fraction of sp³-hybridized carbons (Fsp3) is 0.294. The average Bonchev–Trinajstić information content (AvgIpc) is 2.54. The molecule has 0 fully saturated rings. The number of nitrogens with zero attached hydrogens (tertiary/aromatic N) is 1. The molecule has 0 saturated carbocycles. The van der Waals surface area contributed by atoms with E-state index in [0.29, 0.717) is 22.6 Å². The first-order chi connectivity index (χ1) is 11.8. The van der Waals surface area contributed by atoms with E-state index in [9.17, 15) is 13.2 Å². The largest absolute Gasteiger partial charge is 0.495 e. The molecule has 1 heterocycles. The number of pyridine rings is 1. The van der Waals surface area contributed by atoms with Crippen LogP contribution in [-0.2, 0) is 15.8 Å². The van der Waals surface area contributed by atoms with Gasteiger partial charge in [0.05, 0.1) is 30.9 Å². The molecule has 8 heteroatoms. The third-order valence-corrected chi connectivity index (χ3v) is 4.49. The maximum Gasteiger partial charge on any atom is 0.251 e.